The Kier molecular flexibility index (Phi) is 6.51. The number of nitrogens with one attached hydrogen (secondary N) is 2. The lowest BCUT2D eigenvalue weighted by Gasteiger charge is -2.17. The molecule has 1 fully saturated rings. The molecule has 8 heteroatoms. The minimum Gasteiger partial charge on any atom is -0.444 e. The van der Waals surface area contributed by atoms with Gasteiger partial charge >= 0.3 is 0 Å². The summed E-state index contributed by atoms with van der Waals surface area (Å²) in [5.74, 6) is -0.259. The zero-order valence-electron chi connectivity index (χ0n) is 11.0. The Balaban J connectivity index is 0.00000200. The smallest absolute Gasteiger partial charge is 0.289 e. The van der Waals surface area contributed by atoms with Crippen LogP contribution in [0.3, 0.4) is 0 Å². The SMILES string of the molecule is CN(CC(=O)NC1CCNC1)C(=O)c1ccc(Br)o1.Cl. The third kappa shape index (κ3) is 4.50. The lowest BCUT2D eigenvalue weighted by molar-refractivity contribution is -0.122. The Morgan fingerprint density at radius 1 is 1.55 bits per heavy atom. The van der Waals surface area contributed by atoms with E-state index >= 15 is 0 Å². The van der Waals surface area contributed by atoms with Crippen molar-refractivity contribution in [2.24, 2.45) is 0 Å². The van der Waals surface area contributed by atoms with E-state index in [1.165, 1.54) is 4.90 Å². The Morgan fingerprint density at radius 3 is 2.85 bits per heavy atom. The van der Waals surface area contributed by atoms with Crippen LogP contribution < -0.4 is 10.6 Å². The van der Waals surface area contributed by atoms with E-state index in [0.29, 0.717) is 4.67 Å². The molecule has 2 heterocycles. The molecule has 0 saturated carbocycles. The van der Waals surface area contributed by atoms with Crippen LogP contribution in [0, 0.1) is 0 Å². The molecule has 1 aromatic rings. The van der Waals surface area contributed by atoms with Gasteiger partial charge < -0.3 is 20.0 Å². The Bertz CT molecular complexity index is 474. The normalized spacial score (nSPS) is 17.4. The molecule has 0 aromatic carbocycles. The summed E-state index contributed by atoms with van der Waals surface area (Å²) in [6.07, 6.45) is 0.925. The quantitative estimate of drug-likeness (QED) is 0.834. The van der Waals surface area contributed by atoms with Crippen molar-refractivity contribution in [1.82, 2.24) is 15.5 Å². The van der Waals surface area contributed by atoms with Gasteiger partial charge in [-0.1, -0.05) is 0 Å². The van der Waals surface area contributed by atoms with Crippen molar-refractivity contribution >= 4 is 40.2 Å². The van der Waals surface area contributed by atoms with Gasteiger partial charge in [-0.15, -0.1) is 12.4 Å². The average molecular weight is 367 g/mol. The number of halogens is 2. The van der Waals surface area contributed by atoms with Crippen LogP contribution in [0.5, 0.6) is 0 Å². The predicted molar refractivity (Wildman–Crippen MR) is 80.0 cm³/mol. The zero-order chi connectivity index (χ0) is 13.8. The topological polar surface area (TPSA) is 74.6 Å². The molecule has 0 radical (unpaired) electrons. The summed E-state index contributed by atoms with van der Waals surface area (Å²) in [5.41, 5.74) is 0. The first kappa shape index (κ1) is 17.0. The highest BCUT2D eigenvalue weighted by atomic mass is 79.9. The van der Waals surface area contributed by atoms with Crippen LogP contribution in [0.25, 0.3) is 0 Å². The zero-order valence-corrected chi connectivity index (χ0v) is 13.4. The molecule has 1 saturated heterocycles. The summed E-state index contributed by atoms with van der Waals surface area (Å²) < 4.78 is 5.66. The molecular formula is C12H17BrClN3O3. The fourth-order valence-corrected chi connectivity index (χ4v) is 2.26. The molecule has 112 valence electrons. The van der Waals surface area contributed by atoms with Crippen LogP contribution in [0.15, 0.2) is 21.2 Å². The number of carbonyl (C=O) groups is 2. The van der Waals surface area contributed by atoms with E-state index in [4.69, 9.17) is 4.42 Å². The van der Waals surface area contributed by atoms with Crippen molar-refractivity contribution < 1.29 is 14.0 Å². The maximum Gasteiger partial charge on any atom is 0.289 e. The highest BCUT2D eigenvalue weighted by Gasteiger charge is 2.21. The number of furan rings is 1. The number of hydrogen-bond donors (Lipinski definition) is 2. The highest BCUT2D eigenvalue weighted by molar-refractivity contribution is 9.10. The van der Waals surface area contributed by atoms with Crippen molar-refractivity contribution in [3.63, 3.8) is 0 Å². The van der Waals surface area contributed by atoms with E-state index in [1.54, 1.807) is 19.2 Å². The summed E-state index contributed by atoms with van der Waals surface area (Å²) >= 11 is 3.14. The minimum absolute atomic E-state index is 0. The summed E-state index contributed by atoms with van der Waals surface area (Å²) in [7, 11) is 1.57. The monoisotopic (exact) mass is 365 g/mol. The fourth-order valence-electron chi connectivity index (χ4n) is 1.96. The van der Waals surface area contributed by atoms with Crippen molar-refractivity contribution in [2.75, 3.05) is 26.7 Å². The van der Waals surface area contributed by atoms with Crippen molar-refractivity contribution in [2.45, 2.75) is 12.5 Å². The van der Waals surface area contributed by atoms with Gasteiger partial charge in [-0.2, -0.15) is 0 Å². The van der Waals surface area contributed by atoms with Crippen LogP contribution in [0.2, 0.25) is 0 Å². The van der Waals surface area contributed by atoms with Gasteiger partial charge in [0.2, 0.25) is 5.91 Å². The molecule has 0 aliphatic carbocycles. The molecule has 1 atom stereocenters. The average Bonchev–Trinajstić information content (AvgIpc) is 2.99. The predicted octanol–water partition coefficient (Wildman–Crippen LogP) is 1.01. The van der Waals surface area contributed by atoms with Gasteiger partial charge in [-0.3, -0.25) is 9.59 Å². The van der Waals surface area contributed by atoms with Gasteiger partial charge in [0.05, 0.1) is 6.54 Å². The van der Waals surface area contributed by atoms with Gasteiger partial charge in [-0.05, 0) is 41.0 Å². The Hall–Kier alpha value is -1.05. The van der Waals surface area contributed by atoms with E-state index in [1.807, 2.05) is 0 Å². The van der Waals surface area contributed by atoms with Gasteiger partial charge in [0.25, 0.3) is 5.91 Å². The second kappa shape index (κ2) is 7.66. The molecule has 1 aliphatic rings. The maximum absolute atomic E-state index is 11.9. The first-order valence-electron chi connectivity index (χ1n) is 6.07. The van der Waals surface area contributed by atoms with E-state index < -0.39 is 0 Å². The molecule has 1 aromatic heterocycles. The van der Waals surface area contributed by atoms with Gasteiger partial charge in [0.1, 0.15) is 0 Å². The maximum atomic E-state index is 11.9. The second-order valence-electron chi connectivity index (χ2n) is 4.52. The molecule has 1 aliphatic heterocycles. The van der Waals surface area contributed by atoms with Crippen molar-refractivity contribution in [1.29, 1.82) is 0 Å². The van der Waals surface area contributed by atoms with E-state index in [2.05, 4.69) is 26.6 Å². The van der Waals surface area contributed by atoms with Gasteiger partial charge in [-0.25, -0.2) is 0 Å². The lowest BCUT2D eigenvalue weighted by Crippen LogP contribution is -2.43. The number of rotatable bonds is 4. The number of carbonyl (C=O) groups excluding carboxylic acids is 2. The third-order valence-electron chi connectivity index (χ3n) is 2.94. The fraction of sp³-hybridized carbons (Fsp3) is 0.500. The minimum atomic E-state index is -0.314. The first-order valence-corrected chi connectivity index (χ1v) is 6.86. The molecule has 6 nitrogen and oxygen atoms in total. The van der Waals surface area contributed by atoms with E-state index in [-0.39, 0.29) is 42.6 Å². The van der Waals surface area contributed by atoms with Gasteiger partial charge in [0, 0.05) is 19.6 Å². The highest BCUT2D eigenvalue weighted by Crippen LogP contribution is 2.15. The summed E-state index contributed by atoms with van der Waals surface area (Å²) in [4.78, 5) is 25.1. The molecule has 20 heavy (non-hydrogen) atoms. The molecule has 1 unspecified atom stereocenters. The van der Waals surface area contributed by atoms with E-state index in [9.17, 15) is 9.59 Å². The molecule has 0 bridgehead atoms. The lowest BCUT2D eigenvalue weighted by atomic mass is 10.2. The third-order valence-corrected chi connectivity index (χ3v) is 3.36. The Labute approximate surface area is 131 Å². The molecule has 2 rings (SSSR count). The van der Waals surface area contributed by atoms with Crippen molar-refractivity contribution in [3.05, 3.63) is 22.6 Å². The van der Waals surface area contributed by atoms with Crippen LogP contribution in [0.1, 0.15) is 17.0 Å². The number of nitrogens with zero attached hydrogens (tertiary/aromatic N) is 1. The molecule has 0 spiro atoms. The molecular weight excluding hydrogens is 350 g/mol. The standard InChI is InChI=1S/C12H16BrN3O3.ClH/c1-16(12(18)9-2-3-10(13)19-9)7-11(17)15-8-4-5-14-6-8;/h2-3,8,14H,4-7H2,1H3,(H,15,17);1H. The molecule has 2 amide bonds. The van der Waals surface area contributed by atoms with E-state index in [0.717, 1.165) is 19.5 Å². The van der Waals surface area contributed by atoms with Crippen molar-refractivity contribution in [3.8, 4) is 0 Å². The number of amides is 2. The largest absolute Gasteiger partial charge is 0.444 e. The number of likely N-dealkylation sites (N-methyl/N-ethyl adjacent to an activating group) is 1. The van der Waals surface area contributed by atoms with Crippen LogP contribution in [-0.4, -0.2) is 49.4 Å². The first-order chi connectivity index (χ1) is 9.06. The van der Waals surface area contributed by atoms with Gasteiger partial charge in [0.15, 0.2) is 10.4 Å². The summed E-state index contributed by atoms with van der Waals surface area (Å²) in [6, 6.07) is 3.38. The number of hydrogen-bond acceptors (Lipinski definition) is 4. The second-order valence-corrected chi connectivity index (χ2v) is 5.30. The Morgan fingerprint density at radius 2 is 2.30 bits per heavy atom. The molecule has 2 N–H and O–H groups in total. The summed E-state index contributed by atoms with van der Waals surface area (Å²) in [6.45, 7) is 1.72. The van der Waals surface area contributed by atoms with Crippen LogP contribution >= 0.6 is 28.3 Å². The van der Waals surface area contributed by atoms with Crippen LogP contribution in [0.4, 0.5) is 0 Å². The summed E-state index contributed by atoms with van der Waals surface area (Å²) in [5, 5.41) is 6.05. The van der Waals surface area contributed by atoms with Crippen LogP contribution in [-0.2, 0) is 4.79 Å².